The summed E-state index contributed by atoms with van der Waals surface area (Å²) in [6.45, 7) is -0.462. The van der Waals surface area contributed by atoms with E-state index in [0.717, 1.165) is 26.7 Å². The highest BCUT2D eigenvalue weighted by atomic mass is 19.4. The van der Waals surface area contributed by atoms with E-state index in [1.807, 2.05) is 36.4 Å². The third-order valence-corrected chi connectivity index (χ3v) is 4.93. The Bertz CT molecular complexity index is 1050. The molecule has 0 unspecified atom stereocenters. The Morgan fingerprint density at radius 1 is 1.10 bits per heavy atom. The molecule has 3 aromatic rings. The number of likely N-dealkylation sites (N-methyl/N-ethyl adjacent to an activating group) is 2. The summed E-state index contributed by atoms with van der Waals surface area (Å²) in [7, 11) is 5.01. The van der Waals surface area contributed by atoms with Crippen LogP contribution in [0.2, 0.25) is 0 Å². The fourth-order valence-electron chi connectivity index (χ4n) is 3.34. The van der Waals surface area contributed by atoms with E-state index in [9.17, 15) is 18.0 Å². The molecule has 0 atom stereocenters. The van der Waals surface area contributed by atoms with Crippen LogP contribution in [0.5, 0.6) is 5.75 Å². The van der Waals surface area contributed by atoms with Gasteiger partial charge in [0.15, 0.2) is 0 Å². The van der Waals surface area contributed by atoms with Gasteiger partial charge in [-0.05, 0) is 41.6 Å². The van der Waals surface area contributed by atoms with Gasteiger partial charge in [0.25, 0.3) is 0 Å². The number of ether oxygens (including phenoxy) is 1. The molecule has 0 saturated carbocycles. The molecule has 0 aliphatic carbocycles. The Morgan fingerprint density at radius 3 is 2.52 bits per heavy atom. The van der Waals surface area contributed by atoms with E-state index in [2.05, 4.69) is 4.98 Å². The van der Waals surface area contributed by atoms with Crippen molar-refractivity contribution in [1.82, 2.24) is 19.4 Å². The summed E-state index contributed by atoms with van der Waals surface area (Å²) < 4.78 is 44.3. The highest BCUT2D eigenvalue weighted by Crippen LogP contribution is 2.22. The first kappa shape index (κ1) is 22.6. The zero-order valence-electron chi connectivity index (χ0n) is 17.7. The molecule has 3 rings (SSSR count). The fourth-order valence-corrected chi connectivity index (χ4v) is 3.34. The highest BCUT2D eigenvalue weighted by molar-refractivity contribution is 5.84. The minimum Gasteiger partial charge on any atom is -0.497 e. The smallest absolute Gasteiger partial charge is 0.406 e. The molecule has 1 aromatic heterocycles. The number of amides is 1. The number of hydrogen-bond acceptors (Lipinski definition) is 4. The largest absolute Gasteiger partial charge is 0.497 e. The summed E-state index contributed by atoms with van der Waals surface area (Å²) in [6.07, 6.45) is -1.70. The van der Waals surface area contributed by atoms with E-state index in [1.165, 1.54) is 12.4 Å². The lowest BCUT2D eigenvalue weighted by atomic mass is 10.1. The molecule has 1 amide bonds. The number of halogens is 3. The van der Waals surface area contributed by atoms with E-state index in [0.29, 0.717) is 6.54 Å². The lowest BCUT2D eigenvalue weighted by Crippen LogP contribution is -2.36. The van der Waals surface area contributed by atoms with Crippen molar-refractivity contribution in [2.75, 3.05) is 27.7 Å². The maximum atomic E-state index is 12.7. The van der Waals surface area contributed by atoms with Gasteiger partial charge in [-0.15, -0.1) is 0 Å². The van der Waals surface area contributed by atoms with Crippen LogP contribution >= 0.6 is 0 Å². The molecule has 9 heteroatoms. The minimum absolute atomic E-state index is 0.0696. The normalized spacial score (nSPS) is 11.8. The van der Waals surface area contributed by atoms with Crippen molar-refractivity contribution in [3.8, 4) is 5.75 Å². The van der Waals surface area contributed by atoms with E-state index in [4.69, 9.17) is 4.74 Å². The molecule has 0 fully saturated rings. The second-order valence-electron chi connectivity index (χ2n) is 7.56. The van der Waals surface area contributed by atoms with Gasteiger partial charge < -0.3 is 14.2 Å². The average molecular weight is 434 g/mol. The first-order valence-electron chi connectivity index (χ1n) is 9.70. The van der Waals surface area contributed by atoms with Crippen LogP contribution in [0.25, 0.3) is 10.8 Å². The first-order valence-corrected chi connectivity index (χ1v) is 9.70. The average Bonchev–Trinajstić information content (AvgIpc) is 3.11. The van der Waals surface area contributed by atoms with Crippen LogP contribution in [-0.2, 0) is 24.4 Å². The van der Waals surface area contributed by atoms with Gasteiger partial charge in [0.05, 0.1) is 20.2 Å². The third-order valence-electron chi connectivity index (χ3n) is 4.93. The number of hydrogen-bond donors (Lipinski definition) is 0. The van der Waals surface area contributed by atoms with Crippen molar-refractivity contribution >= 4 is 16.7 Å². The van der Waals surface area contributed by atoms with Crippen LogP contribution < -0.4 is 4.74 Å². The molecule has 0 bridgehead atoms. The highest BCUT2D eigenvalue weighted by Gasteiger charge is 2.29. The van der Waals surface area contributed by atoms with Gasteiger partial charge in [0.2, 0.25) is 5.91 Å². The molecule has 0 radical (unpaired) electrons. The van der Waals surface area contributed by atoms with Gasteiger partial charge in [0.1, 0.15) is 18.1 Å². The molecule has 0 aliphatic rings. The van der Waals surface area contributed by atoms with Crippen LogP contribution in [-0.4, -0.2) is 59.2 Å². The molecule has 2 aromatic carbocycles. The number of carbonyl (C=O) groups excluding carboxylic acids is 1. The van der Waals surface area contributed by atoms with E-state index in [1.54, 1.807) is 31.0 Å². The second kappa shape index (κ2) is 9.38. The summed E-state index contributed by atoms with van der Waals surface area (Å²) in [5, 5.41) is 2.10. The molecule has 6 nitrogen and oxygen atoms in total. The molecule has 0 N–H and O–H groups in total. The van der Waals surface area contributed by atoms with E-state index < -0.39 is 12.7 Å². The summed E-state index contributed by atoms with van der Waals surface area (Å²) in [5.41, 5.74) is 0.983. The minimum atomic E-state index is -4.32. The summed E-state index contributed by atoms with van der Waals surface area (Å²) in [4.78, 5) is 19.9. The zero-order valence-corrected chi connectivity index (χ0v) is 17.7. The molecule has 166 valence electrons. The maximum Gasteiger partial charge on any atom is 0.406 e. The summed E-state index contributed by atoms with van der Waals surface area (Å²) in [6, 6.07) is 11.8. The van der Waals surface area contributed by atoms with Crippen molar-refractivity contribution in [1.29, 1.82) is 0 Å². The monoisotopic (exact) mass is 434 g/mol. The van der Waals surface area contributed by atoms with Gasteiger partial charge in [-0.3, -0.25) is 9.69 Å². The number of carbonyl (C=O) groups is 1. The number of fused-ring (bicyclic) bond motifs is 1. The van der Waals surface area contributed by atoms with Crippen molar-refractivity contribution in [2.24, 2.45) is 0 Å². The molecule has 0 spiro atoms. The van der Waals surface area contributed by atoms with Gasteiger partial charge in [-0.25, -0.2) is 4.98 Å². The maximum absolute atomic E-state index is 12.7. The lowest BCUT2D eigenvalue weighted by molar-refractivity contribution is -0.141. The van der Waals surface area contributed by atoms with Gasteiger partial charge in [-0.1, -0.05) is 18.2 Å². The Balaban J connectivity index is 1.58. The quantitative estimate of drug-likeness (QED) is 0.543. The van der Waals surface area contributed by atoms with E-state index >= 15 is 0 Å². The number of nitrogens with zero attached hydrogens (tertiary/aromatic N) is 4. The third kappa shape index (κ3) is 6.21. The number of aromatic nitrogens is 2. The first-order chi connectivity index (χ1) is 14.6. The topological polar surface area (TPSA) is 50.6 Å². The molecular formula is C22H25F3N4O2. The Morgan fingerprint density at radius 2 is 1.81 bits per heavy atom. The summed E-state index contributed by atoms with van der Waals surface area (Å²) in [5.74, 6) is 0.915. The van der Waals surface area contributed by atoms with Gasteiger partial charge >= 0.3 is 6.18 Å². The number of alkyl halides is 3. The lowest BCUT2D eigenvalue weighted by Gasteiger charge is -2.22. The van der Waals surface area contributed by atoms with Crippen molar-refractivity contribution < 1.29 is 22.7 Å². The van der Waals surface area contributed by atoms with Crippen LogP contribution in [0, 0.1) is 0 Å². The predicted molar refractivity (Wildman–Crippen MR) is 112 cm³/mol. The van der Waals surface area contributed by atoms with Crippen molar-refractivity contribution in [3.05, 3.63) is 60.2 Å². The van der Waals surface area contributed by atoms with Crippen LogP contribution in [0.15, 0.2) is 48.8 Å². The van der Waals surface area contributed by atoms with E-state index in [-0.39, 0.29) is 24.8 Å². The van der Waals surface area contributed by atoms with Crippen LogP contribution in [0.1, 0.15) is 11.4 Å². The van der Waals surface area contributed by atoms with Gasteiger partial charge in [0, 0.05) is 26.0 Å². The van der Waals surface area contributed by atoms with Crippen molar-refractivity contribution in [2.45, 2.75) is 25.8 Å². The number of methoxy groups -OCH3 is 1. The van der Waals surface area contributed by atoms with Crippen LogP contribution in [0.4, 0.5) is 13.2 Å². The standard InChI is InChI=1S/C22H25F3N4O2/c1-27(13-20-26-8-9-29(20)15-22(23,24)25)14-21(30)28(2)12-16-4-5-18-11-19(31-3)7-6-17(18)10-16/h4-11H,12-15H2,1-3H3. The number of benzene rings is 2. The second-order valence-corrected chi connectivity index (χ2v) is 7.56. The zero-order chi connectivity index (χ0) is 22.6. The number of rotatable bonds is 8. The Labute approximate surface area is 178 Å². The Kier molecular flexibility index (Phi) is 6.84. The number of imidazole rings is 1. The van der Waals surface area contributed by atoms with Gasteiger partial charge in [-0.2, -0.15) is 13.2 Å². The van der Waals surface area contributed by atoms with Crippen molar-refractivity contribution in [3.63, 3.8) is 0 Å². The van der Waals surface area contributed by atoms with Crippen LogP contribution in [0.3, 0.4) is 0 Å². The fraction of sp³-hybridized carbons (Fsp3) is 0.364. The summed E-state index contributed by atoms with van der Waals surface area (Å²) >= 11 is 0. The molecule has 0 saturated heterocycles. The Hall–Kier alpha value is -3.07. The molecule has 1 heterocycles. The molecule has 31 heavy (non-hydrogen) atoms. The SMILES string of the molecule is COc1ccc2cc(CN(C)C(=O)CN(C)Cc3nccn3CC(F)(F)F)ccc2c1. The molecule has 0 aliphatic heterocycles. The molecular weight excluding hydrogens is 409 g/mol. The predicted octanol–water partition coefficient (Wildman–Crippen LogP) is 3.70.